The van der Waals surface area contributed by atoms with Crippen molar-refractivity contribution in [3.05, 3.63) is 41.7 Å². The number of hydrogen-bond donors (Lipinski definition) is 2. The molecule has 1 heterocycles. The minimum Gasteiger partial charge on any atom is -0.384 e. The predicted molar refractivity (Wildman–Crippen MR) is 70.1 cm³/mol. The normalized spacial score (nSPS) is 10.5. The quantitative estimate of drug-likeness (QED) is 0.891. The second-order valence-electron chi connectivity index (χ2n) is 4.13. The van der Waals surface area contributed by atoms with Gasteiger partial charge in [-0.15, -0.1) is 0 Å². The van der Waals surface area contributed by atoms with E-state index in [1.165, 1.54) is 18.2 Å². The third-order valence-electron chi connectivity index (χ3n) is 2.40. The molecule has 0 saturated carbocycles. The second kappa shape index (κ2) is 5.60. The van der Waals surface area contributed by atoms with Gasteiger partial charge < -0.3 is 11.1 Å². The topological polar surface area (TPSA) is 63.8 Å². The highest BCUT2D eigenvalue weighted by Gasteiger charge is 2.05. The van der Waals surface area contributed by atoms with E-state index in [0.717, 1.165) is 12.5 Å². The van der Waals surface area contributed by atoms with Crippen LogP contribution in [0, 0.1) is 11.6 Å². The molecule has 1 aromatic carbocycles. The molecular formula is C13H14F2N4. The molecular weight excluding hydrogens is 250 g/mol. The summed E-state index contributed by atoms with van der Waals surface area (Å²) < 4.78 is 26.1. The van der Waals surface area contributed by atoms with Gasteiger partial charge in [0.1, 0.15) is 29.1 Å². The summed E-state index contributed by atoms with van der Waals surface area (Å²) in [5.41, 5.74) is 5.94. The number of nitrogens with one attached hydrogen (secondary N) is 1. The zero-order valence-corrected chi connectivity index (χ0v) is 10.5. The van der Waals surface area contributed by atoms with E-state index in [2.05, 4.69) is 15.3 Å². The number of rotatable bonds is 4. The Morgan fingerprint density at radius 1 is 1.11 bits per heavy atom. The van der Waals surface area contributed by atoms with Crippen LogP contribution in [0.1, 0.15) is 19.2 Å². The highest BCUT2D eigenvalue weighted by atomic mass is 19.1. The molecule has 2 aromatic rings. The summed E-state index contributed by atoms with van der Waals surface area (Å²) in [5.74, 6) is 0.0252. The molecule has 0 aliphatic carbocycles. The Morgan fingerprint density at radius 2 is 1.79 bits per heavy atom. The Labute approximate surface area is 109 Å². The maximum atomic E-state index is 13.1. The van der Waals surface area contributed by atoms with Crippen LogP contribution >= 0.6 is 0 Å². The molecule has 0 spiro atoms. The molecule has 0 saturated heterocycles. The van der Waals surface area contributed by atoms with Gasteiger partial charge in [0.25, 0.3) is 0 Å². The summed E-state index contributed by atoms with van der Waals surface area (Å²) >= 11 is 0. The zero-order chi connectivity index (χ0) is 13.8. The number of nitrogens with two attached hydrogens (primary N) is 1. The van der Waals surface area contributed by atoms with Gasteiger partial charge in [-0.2, -0.15) is 0 Å². The van der Waals surface area contributed by atoms with E-state index in [1.807, 2.05) is 6.92 Å². The van der Waals surface area contributed by atoms with Gasteiger partial charge in [0.05, 0.1) is 0 Å². The molecule has 0 aliphatic heterocycles. The molecule has 0 aliphatic rings. The molecule has 6 heteroatoms. The Morgan fingerprint density at radius 3 is 2.42 bits per heavy atom. The van der Waals surface area contributed by atoms with E-state index in [-0.39, 0.29) is 5.69 Å². The first-order valence-corrected chi connectivity index (χ1v) is 5.93. The Balaban J connectivity index is 2.27. The number of halogens is 2. The summed E-state index contributed by atoms with van der Waals surface area (Å²) in [4.78, 5) is 8.31. The Kier molecular flexibility index (Phi) is 3.89. The lowest BCUT2D eigenvalue weighted by Gasteiger charge is -2.08. The van der Waals surface area contributed by atoms with Crippen LogP contribution < -0.4 is 11.1 Å². The first kappa shape index (κ1) is 13.2. The molecule has 0 fully saturated rings. The van der Waals surface area contributed by atoms with Gasteiger partial charge in [0, 0.05) is 24.2 Å². The first-order valence-electron chi connectivity index (χ1n) is 5.93. The maximum absolute atomic E-state index is 13.1. The molecule has 3 N–H and O–H groups in total. The van der Waals surface area contributed by atoms with Crippen molar-refractivity contribution in [3.8, 4) is 0 Å². The Hall–Kier alpha value is -2.24. The maximum Gasteiger partial charge on any atom is 0.136 e. The van der Waals surface area contributed by atoms with E-state index in [9.17, 15) is 8.78 Å². The lowest BCUT2D eigenvalue weighted by Crippen LogP contribution is -2.03. The smallest absolute Gasteiger partial charge is 0.136 e. The van der Waals surface area contributed by atoms with Gasteiger partial charge >= 0.3 is 0 Å². The van der Waals surface area contributed by atoms with Gasteiger partial charge in [-0.05, 0) is 18.6 Å². The van der Waals surface area contributed by atoms with Gasteiger partial charge in [-0.1, -0.05) is 6.92 Å². The average molecular weight is 264 g/mol. The van der Waals surface area contributed by atoms with Crippen LogP contribution in [0.5, 0.6) is 0 Å². The van der Waals surface area contributed by atoms with Gasteiger partial charge in [0.15, 0.2) is 0 Å². The predicted octanol–water partition coefficient (Wildman–Crippen LogP) is 3.03. The SMILES string of the molecule is CCCc1nc(N)cc(Nc2cc(F)cc(F)c2)n1. The van der Waals surface area contributed by atoms with Crippen LogP contribution in [0.25, 0.3) is 0 Å². The zero-order valence-electron chi connectivity index (χ0n) is 10.5. The van der Waals surface area contributed by atoms with Gasteiger partial charge in [-0.25, -0.2) is 18.7 Å². The van der Waals surface area contributed by atoms with Crippen LogP contribution in [0.3, 0.4) is 0 Å². The molecule has 0 radical (unpaired) electrons. The number of nitrogens with zero attached hydrogens (tertiary/aromatic N) is 2. The summed E-state index contributed by atoms with van der Waals surface area (Å²) in [6, 6.07) is 4.69. The summed E-state index contributed by atoms with van der Waals surface area (Å²) in [7, 11) is 0. The van der Waals surface area contributed by atoms with Crippen molar-refractivity contribution in [1.29, 1.82) is 0 Å². The van der Waals surface area contributed by atoms with Crippen LogP contribution in [0.4, 0.5) is 26.1 Å². The van der Waals surface area contributed by atoms with Crippen molar-refractivity contribution < 1.29 is 8.78 Å². The molecule has 1 aromatic heterocycles. The number of nitrogen functional groups attached to an aromatic ring is 1. The van der Waals surface area contributed by atoms with Crippen LogP contribution in [0.15, 0.2) is 24.3 Å². The molecule has 19 heavy (non-hydrogen) atoms. The van der Waals surface area contributed by atoms with E-state index in [0.29, 0.717) is 23.9 Å². The van der Waals surface area contributed by atoms with Crippen molar-refractivity contribution in [2.45, 2.75) is 19.8 Å². The number of hydrogen-bond acceptors (Lipinski definition) is 4. The molecule has 0 amide bonds. The lowest BCUT2D eigenvalue weighted by atomic mass is 10.3. The Bertz CT molecular complexity index is 567. The molecule has 0 atom stereocenters. The fourth-order valence-electron chi connectivity index (χ4n) is 1.69. The third kappa shape index (κ3) is 3.61. The molecule has 0 unspecified atom stereocenters. The van der Waals surface area contributed by atoms with E-state index >= 15 is 0 Å². The fraction of sp³-hybridized carbons (Fsp3) is 0.231. The first-order chi connectivity index (χ1) is 9.06. The average Bonchev–Trinajstić information content (AvgIpc) is 2.26. The highest BCUT2D eigenvalue weighted by Crippen LogP contribution is 2.19. The number of benzene rings is 1. The van der Waals surface area contributed by atoms with Crippen LogP contribution in [0.2, 0.25) is 0 Å². The van der Waals surface area contributed by atoms with Crippen molar-refractivity contribution in [3.63, 3.8) is 0 Å². The van der Waals surface area contributed by atoms with E-state index in [4.69, 9.17) is 5.73 Å². The third-order valence-corrected chi connectivity index (χ3v) is 2.40. The van der Waals surface area contributed by atoms with Crippen LogP contribution in [-0.2, 0) is 6.42 Å². The fourth-order valence-corrected chi connectivity index (χ4v) is 1.69. The standard InChI is InChI=1S/C13H14F2N4/c1-2-3-12-18-11(16)7-13(19-12)17-10-5-8(14)4-9(15)6-10/h4-7H,2-3H2,1H3,(H3,16,17,18,19). The monoisotopic (exact) mass is 264 g/mol. The molecule has 2 rings (SSSR count). The van der Waals surface area contributed by atoms with E-state index in [1.54, 1.807) is 0 Å². The van der Waals surface area contributed by atoms with Crippen molar-refractivity contribution in [1.82, 2.24) is 9.97 Å². The summed E-state index contributed by atoms with van der Waals surface area (Å²) in [6.07, 6.45) is 1.58. The minimum atomic E-state index is -0.654. The number of anilines is 3. The minimum absolute atomic E-state index is 0.276. The molecule has 4 nitrogen and oxygen atoms in total. The van der Waals surface area contributed by atoms with E-state index < -0.39 is 11.6 Å². The van der Waals surface area contributed by atoms with Crippen LogP contribution in [-0.4, -0.2) is 9.97 Å². The second-order valence-corrected chi connectivity index (χ2v) is 4.13. The van der Waals surface area contributed by atoms with Crippen molar-refractivity contribution in [2.24, 2.45) is 0 Å². The molecule has 100 valence electrons. The van der Waals surface area contributed by atoms with Gasteiger partial charge in [-0.3, -0.25) is 0 Å². The van der Waals surface area contributed by atoms with Gasteiger partial charge in [0.2, 0.25) is 0 Å². The number of aryl methyl sites for hydroxylation is 1. The molecule has 0 bridgehead atoms. The van der Waals surface area contributed by atoms with Crippen molar-refractivity contribution >= 4 is 17.3 Å². The lowest BCUT2D eigenvalue weighted by molar-refractivity contribution is 0.584. The highest BCUT2D eigenvalue weighted by molar-refractivity contribution is 5.58. The summed E-state index contributed by atoms with van der Waals surface area (Å²) in [5, 5.41) is 2.81. The summed E-state index contributed by atoms with van der Waals surface area (Å²) in [6.45, 7) is 2.00. The van der Waals surface area contributed by atoms with Crippen molar-refractivity contribution in [2.75, 3.05) is 11.1 Å². The number of aromatic nitrogens is 2. The largest absolute Gasteiger partial charge is 0.384 e.